The molecule has 1 aromatic carbocycles. The maximum absolute atomic E-state index is 12.2. The van der Waals surface area contributed by atoms with Crippen LogP contribution in [0.2, 0.25) is 0 Å². The van der Waals surface area contributed by atoms with Crippen molar-refractivity contribution in [3.05, 3.63) is 18.2 Å². The summed E-state index contributed by atoms with van der Waals surface area (Å²) in [5.41, 5.74) is 0. The fourth-order valence-electron chi connectivity index (χ4n) is 1.69. The van der Waals surface area contributed by atoms with Gasteiger partial charge in [-0.3, -0.25) is 4.79 Å². The maximum Gasteiger partial charge on any atom is 0.307 e. The zero-order valence-electron chi connectivity index (χ0n) is 12.1. The molecule has 0 bridgehead atoms. The van der Waals surface area contributed by atoms with Gasteiger partial charge in [0.25, 0.3) is 0 Å². The number of aliphatic carboxylic acids is 1. The Hall–Kier alpha value is -1.80. The van der Waals surface area contributed by atoms with Gasteiger partial charge in [0.2, 0.25) is 10.0 Å². The Morgan fingerprint density at radius 1 is 1.33 bits per heavy atom. The number of carboxylic acid groups (broad SMARTS) is 1. The third-order valence-electron chi connectivity index (χ3n) is 3.02. The normalized spacial score (nSPS) is 12.7. The van der Waals surface area contributed by atoms with Crippen LogP contribution in [0.15, 0.2) is 23.1 Å². The van der Waals surface area contributed by atoms with Crippen LogP contribution in [-0.2, 0) is 14.8 Å². The first kappa shape index (κ1) is 17.3. The molecule has 0 saturated heterocycles. The quantitative estimate of drug-likeness (QED) is 0.744. The molecule has 1 aromatic rings. The Bertz CT molecular complexity index is 599. The summed E-state index contributed by atoms with van der Waals surface area (Å²) in [7, 11) is -1.06. The summed E-state index contributed by atoms with van der Waals surface area (Å²) in [6, 6.07) is 4.29. The van der Waals surface area contributed by atoms with E-state index in [2.05, 4.69) is 4.72 Å². The average Bonchev–Trinajstić information content (AvgIpc) is 2.46. The minimum atomic E-state index is -3.86. The molecule has 0 heterocycles. The summed E-state index contributed by atoms with van der Waals surface area (Å²) in [6.45, 7) is 1.50. The number of ether oxygens (including phenoxy) is 2. The zero-order valence-corrected chi connectivity index (χ0v) is 12.9. The van der Waals surface area contributed by atoms with Crippen molar-refractivity contribution in [1.82, 2.24) is 4.72 Å². The van der Waals surface area contributed by atoms with Crippen molar-refractivity contribution in [2.75, 3.05) is 20.8 Å². The van der Waals surface area contributed by atoms with Crippen molar-refractivity contribution >= 4 is 16.0 Å². The Balaban J connectivity index is 3.00. The number of sulfonamides is 1. The first-order valence-corrected chi connectivity index (χ1v) is 7.78. The number of hydrogen-bond donors (Lipinski definition) is 2. The average molecular weight is 317 g/mol. The molecule has 7 nitrogen and oxygen atoms in total. The van der Waals surface area contributed by atoms with E-state index >= 15 is 0 Å². The van der Waals surface area contributed by atoms with E-state index in [1.165, 1.54) is 32.4 Å². The lowest BCUT2D eigenvalue weighted by molar-refractivity contribution is -0.141. The van der Waals surface area contributed by atoms with Gasteiger partial charge in [-0.15, -0.1) is 0 Å². The smallest absolute Gasteiger partial charge is 0.307 e. The summed E-state index contributed by atoms with van der Waals surface area (Å²) in [4.78, 5) is 10.9. The number of hydrogen-bond acceptors (Lipinski definition) is 5. The molecular formula is C13H19NO6S. The summed E-state index contributed by atoms with van der Waals surface area (Å²) in [5, 5.41) is 8.93. The third kappa shape index (κ3) is 4.33. The molecule has 0 spiro atoms. The van der Waals surface area contributed by atoms with Gasteiger partial charge in [-0.2, -0.15) is 0 Å². The molecule has 118 valence electrons. The summed E-state index contributed by atoms with van der Waals surface area (Å²) >= 11 is 0. The lowest BCUT2D eigenvalue weighted by atomic mass is 10.1. The predicted molar refractivity (Wildman–Crippen MR) is 76.2 cm³/mol. The second kappa shape index (κ2) is 7.28. The Labute approximate surface area is 123 Å². The molecule has 1 atom stereocenters. The fourth-order valence-corrected chi connectivity index (χ4v) is 2.92. The van der Waals surface area contributed by atoms with E-state index in [-0.39, 0.29) is 17.2 Å². The van der Waals surface area contributed by atoms with Crippen LogP contribution in [0.5, 0.6) is 11.5 Å². The Morgan fingerprint density at radius 3 is 2.48 bits per heavy atom. The van der Waals surface area contributed by atoms with Crippen LogP contribution in [0.1, 0.15) is 13.3 Å². The molecule has 0 radical (unpaired) electrons. The highest BCUT2D eigenvalue weighted by atomic mass is 32.2. The van der Waals surface area contributed by atoms with Crippen LogP contribution in [-0.4, -0.2) is 40.3 Å². The second-order valence-corrected chi connectivity index (χ2v) is 6.05. The van der Waals surface area contributed by atoms with E-state index in [0.29, 0.717) is 12.2 Å². The van der Waals surface area contributed by atoms with E-state index in [4.69, 9.17) is 14.6 Å². The van der Waals surface area contributed by atoms with E-state index < -0.39 is 21.9 Å². The molecule has 1 rings (SSSR count). The van der Waals surface area contributed by atoms with Gasteiger partial charge in [-0.05, 0) is 18.6 Å². The minimum Gasteiger partial charge on any atom is -0.497 e. The largest absolute Gasteiger partial charge is 0.497 e. The molecule has 0 amide bonds. The van der Waals surface area contributed by atoms with Gasteiger partial charge in [0.05, 0.1) is 20.1 Å². The number of rotatable bonds is 8. The lowest BCUT2D eigenvalue weighted by Gasteiger charge is -2.14. The van der Waals surface area contributed by atoms with Crippen LogP contribution in [0, 0.1) is 5.92 Å². The second-order valence-electron chi connectivity index (χ2n) is 4.31. The molecular weight excluding hydrogens is 298 g/mol. The highest BCUT2D eigenvalue weighted by molar-refractivity contribution is 7.89. The van der Waals surface area contributed by atoms with Crippen molar-refractivity contribution < 1.29 is 27.8 Å². The highest BCUT2D eigenvalue weighted by Gasteiger charge is 2.23. The van der Waals surface area contributed by atoms with Crippen molar-refractivity contribution in [2.24, 2.45) is 5.92 Å². The molecule has 2 N–H and O–H groups in total. The van der Waals surface area contributed by atoms with Crippen molar-refractivity contribution in [3.63, 3.8) is 0 Å². The van der Waals surface area contributed by atoms with Gasteiger partial charge in [-0.25, -0.2) is 13.1 Å². The molecule has 1 unspecified atom stereocenters. The highest BCUT2D eigenvalue weighted by Crippen LogP contribution is 2.28. The van der Waals surface area contributed by atoms with Crippen molar-refractivity contribution in [1.29, 1.82) is 0 Å². The SMILES string of the molecule is CCC(CNS(=O)(=O)c1ccc(OC)cc1OC)C(=O)O. The Morgan fingerprint density at radius 2 is 2.00 bits per heavy atom. The maximum atomic E-state index is 12.2. The van der Waals surface area contributed by atoms with Crippen LogP contribution >= 0.6 is 0 Å². The zero-order chi connectivity index (χ0) is 16.0. The molecule has 0 aliphatic heterocycles. The topological polar surface area (TPSA) is 102 Å². The molecule has 8 heteroatoms. The first-order chi connectivity index (χ1) is 9.85. The number of nitrogens with one attached hydrogen (secondary N) is 1. The van der Waals surface area contributed by atoms with Gasteiger partial charge in [0.15, 0.2) is 0 Å². The number of carboxylic acids is 1. The fraction of sp³-hybridized carbons (Fsp3) is 0.462. The summed E-state index contributed by atoms with van der Waals surface area (Å²) in [6.07, 6.45) is 0.331. The van der Waals surface area contributed by atoms with Gasteiger partial charge >= 0.3 is 5.97 Å². The van der Waals surface area contributed by atoms with E-state index in [0.717, 1.165) is 0 Å². The van der Waals surface area contributed by atoms with Gasteiger partial charge in [-0.1, -0.05) is 6.92 Å². The molecule has 0 aliphatic rings. The molecule has 0 saturated carbocycles. The molecule has 0 aromatic heterocycles. The van der Waals surface area contributed by atoms with Crippen LogP contribution in [0.25, 0.3) is 0 Å². The minimum absolute atomic E-state index is 0.0639. The number of carbonyl (C=O) groups is 1. The molecule has 0 fully saturated rings. The van der Waals surface area contributed by atoms with Gasteiger partial charge in [0, 0.05) is 12.6 Å². The Kier molecular flexibility index (Phi) is 5.98. The number of benzene rings is 1. The monoisotopic (exact) mass is 317 g/mol. The lowest BCUT2D eigenvalue weighted by Crippen LogP contribution is -2.32. The van der Waals surface area contributed by atoms with E-state index in [9.17, 15) is 13.2 Å². The molecule has 0 aliphatic carbocycles. The van der Waals surface area contributed by atoms with E-state index in [1.807, 2.05) is 0 Å². The van der Waals surface area contributed by atoms with Gasteiger partial charge in [0.1, 0.15) is 16.4 Å². The summed E-state index contributed by atoms with van der Waals surface area (Å²) in [5.74, 6) is -1.22. The van der Waals surface area contributed by atoms with Crippen LogP contribution < -0.4 is 14.2 Å². The summed E-state index contributed by atoms with van der Waals surface area (Å²) < 4.78 is 36.8. The third-order valence-corrected chi connectivity index (χ3v) is 4.49. The first-order valence-electron chi connectivity index (χ1n) is 6.30. The van der Waals surface area contributed by atoms with Crippen LogP contribution in [0.3, 0.4) is 0 Å². The predicted octanol–water partition coefficient (Wildman–Crippen LogP) is 1.09. The standard InChI is InChI=1S/C13H19NO6S/c1-4-9(13(15)16)8-14-21(17,18)12-6-5-10(19-2)7-11(12)20-3/h5-7,9,14H,4,8H2,1-3H3,(H,15,16). The molecule has 21 heavy (non-hydrogen) atoms. The van der Waals surface area contributed by atoms with E-state index in [1.54, 1.807) is 6.92 Å². The van der Waals surface area contributed by atoms with Crippen molar-refractivity contribution in [3.8, 4) is 11.5 Å². The van der Waals surface area contributed by atoms with Gasteiger partial charge < -0.3 is 14.6 Å². The van der Waals surface area contributed by atoms with Crippen LogP contribution in [0.4, 0.5) is 0 Å². The van der Waals surface area contributed by atoms with Crippen molar-refractivity contribution in [2.45, 2.75) is 18.2 Å². The number of methoxy groups -OCH3 is 2.